The average molecular weight is 471 g/mol. The van der Waals surface area contributed by atoms with E-state index in [2.05, 4.69) is 19.1 Å². The zero-order chi connectivity index (χ0) is 24.9. The van der Waals surface area contributed by atoms with Gasteiger partial charge in [-0.1, -0.05) is 24.6 Å². The molecule has 0 saturated heterocycles. The van der Waals surface area contributed by atoms with Crippen molar-refractivity contribution in [3.63, 3.8) is 0 Å². The SMILES string of the molecule is CC(=O)OC[C@]12CCC(OC(C)=O)=CC1=CC=C1[C@@H]2CC[C@]2(C)[C@@H](OC(=O)C(C)(C)C)CC[C@@H]12. The van der Waals surface area contributed by atoms with Gasteiger partial charge in [-0.2, -0.15) is 0 Å². The minimum atomic E-state index is -0.518. The summed E-state index contributed by atoms with van der Waals surface area (Å²) in [4.78, 5) is 36.0. The van der Waals surface area contributed by atoms with Crippen LogP contribution in [0, 0.1) is 28.1 Å². The van der Waals surface area contributed by atoms with Crippen LogP contribution in [0.15, 0.2) is 35.1 Å². The summed E-state index contributed by atoms with van der Waals surface area (Å²) in [6.45, 7) is 11.2. The Hall–Kier alpha value is -2.37. The number of carbonyl (C=O) groups is 3. The van der Waals surface area contributed by atoms with E-state index < -0.39 is 5.41 Å². The van der Waals surface area contributed by atoms with E-state index in [9.17, 15) is 14.4 Å². The molecule has 6 nitrogen and oxygen atoms in total. The van der Waals surface area contributed by atoms with E-state index in [1.807, 2.05) is 26.8 Å². The third-order valence-corrected chi connectivity index (χ3v) is 8.53. The first-order valence-corrected chi connectivity index (χ1v) is 12.5. The smallest absolute Gasteiger partial charge is 0.311 e. The summed E-state index contributed by atoms with van der Waals surface area (Å²) in [5.74, 6) is 0.511. The summed E-state index contributed by atoms with van der Waals surface area (Å²) >= 11 is 0. The van der Waals surface area contributed by atoms with E-state index in [4.69, 9.17) is 14.2 Å². The van der Waals surface area contributed by atoms with Crippen LogP contribution in [0.2, 0.25) is 0 Å². The summed E-state index contributed by atoms with van der Waals surface area (Å²) < 4.78 is 17.1. The fourth-order valence-corrected chi connectivity index (χ4v) is 6.68. The molecule has 2 fully saturated rings. The molecule has 0 aromatic heterocycles. The number of hydrogen-bond acceptors (Lipinski definition) is 6. The lowest BCUT2D eigenvalue weighted by Gasteiger charge is -2.54. The molecule has 34 heavy (non-hydrogen) atoms. The van der Waals surface area contributed by atoms with Gasteiger partial charge >= 0.3 is 17.9 Å². The number of hydrogen-bond donors (Lipinski definition) is 0. The molecular formula is C28H38O6. The van der Waals surface area contributed by atoms with Gasteiger partial charge in [0, 0.05) is 31.1 Å². The molecule has 4 aliphatic rings. The second kappa shape index (κ2) is 8.69. The average Bonchev–Trinajstić information content (AvgIpc) is 3.07. The van der Waals surface area contributed by atoms with Crippen molar-refractivity contribution in [2.45, 2.75) is 86.2 Å². The van der Waals surface area contributed by atoms with Crippen LogP contribution in [0.3, 0.4) is 0 Å². The number of carbonyl (C=O) groups excluding carboxylic acids is 3. The van der Waals surface area contributed by atoms with Gasteiger partial charge in [0.25, 0.3) is 0 Å². The molecule has 0 bridgehead atoms. The molecule has 0 amide bonds. The summed E-state index contributed by atoms with van der Waals surface area (Å²) in [6, 6.07) is 0. The van der Waals surface area contributed by atoms with Crippen molar-refractivity contribution >= 4 is 17.9 Å². The molecule has 4 rings (SSSR count). The van der Waals surface area contributed by atoms with Crippen molar-refractivity contribution in [2.75, 3.05) is 6.61 Å². The van der Waals surface area contributed by atoms with Gasteiger partial charge < -0.3 is 14.2 Å². The Kier molecular flexibility index (Phi) is 6.32. The first-order valence-electron chi connectivity index (χ1n) is 12.5. The second-order valence-corrected chi connectivity index (χ2v) is 11.8. The highest BCUT2D eigenvalue weighted by atomic mass is 16.5. The second-order valence-electron chi connectivity index (χ2n) is 11.8. The van der Waals surface area contributed by atoms with Gasteiger partial charge in [0.2, 0.25) is 0 Å². The van der Waals surface area contributed by atoms with E-state index in [0.717, 1.165) is 37.7 Å². The molecule has 0 radical (unpaired) electrons. The molecule has 0 aromatic carbocycles. The van der Waals surface area contributed by atoms with E-state index in [0.29, 0.717) is 24.7 Å². The van der Waals surface area contributed by atoms with Gasteiger partial charge in [0.05, 0.1) is 5.41 Å². The van der Waals surface area contributed by atoms with Gasteiger partial charge in [-0.25, -0.2) is 0 Å². The molecule has 0 heterocycles. The van der Waals surface area contributed by atoms with Crippen LogP contribution in [-0.4, -0.2) is 30.6 Å². The lowest BCUT2D eigenvalue weighted by Crippen LogP contribution is -2.49. The van der Waals surface area contributed by atoms with E-state index in [1.54, 1.807) is 0 Å². The van der Waals surface area contributed by atoms with E-state index >= 15 is 0 Å². The Bertz CT molecular complexity index is 979. The molecule has 0 spiro atoms. The summed E-state index contributed by atoms with van der Waals surface area (Å²) in [5, 5.41) is 0. The van der Waals surface area contributed by atoms with Crippen LogP contribution in [0.25, 0.3) is 0 Å². The fourth-order valence-electron chi connectivity index (χ4n) is 6.68. The predicted molar refractivity (Wildman–Crippen MR) is 127 cm³/mol. The van der Waals surface area contributed by atoms with Crippen LogP contribution in [0.5, 0.6) is 0 Å². The van der Waals surface area contributed by atoms with Gasteiger partial charge in [-0.05, 0) is 76.4 Å². The normalized spacial score (nSPS) is 34.4. The standard InChI is InChI=1S/C28H38O6/c1-17(29)32-16-28-14-11-20(33-18(2)30)15-19(28)7-8-21-22-9-10-24(34-25(31)26(3,4)5)27(22,6)13-12-23(21)28/h7-8,15,22-24H,9-14,16H2,1-6H3/t22-,23-,24-,27-,28+/m0/s1. The molecule has 2 saturated carbocycles. The maximum atomic E-state index is 12.7. The largest absolute Gasteiger partial charge is 0.465 e. The van der Waals surface area contributed by atoms with Crippen molar-refractivity contribution in [2.24, 2.45) is 28.1 Å². The fraction of sp³-hybridized carbons (Fsp3) is 0.679. The Labute approximate surface area is 202 Å². The van der Waals surface area contributed by atoms with Gasteiger partial charge in [-0.3, -0.25) is 14.4 Å². The molecule has 0 aromatic rings. The molecular weight excluding hydrogens is 432 g/mol. The highest BCUT2D eigenvalue weighted by Crippen LogP contribution is 2.63. The van der Waals surface area contributed by atoms with Crippen LogP contribution >= 0.6 is 0 Å². The number of esters is 3. The lowest BCUT2D eigenvalue weighted by molar-refractivity contribution is -0.165. The monoisotopic (exact) mass is 470 g/mol. The first kappa shape index (κ1) is 24.7. The van der Waals surface area contributed by atoms with E-state index in [1.165, 1.54) is 19.4 Å². The number of allylic oxidation sites excluding steroid dienone is 5. The van der Waals surface area contributed by atoms with Crippen molar-refractivity contribution < 1.29 is 28.6 Å². The zero-order valence-corrected chi connectivity index (χ0v) is 21.4. The molecule has 186 valence electrons. The van der Waals surface area contributed by atoms with Crippen molar-refractivity contribution in [1.29, 1.82) is 0 Å². The third kappa shape index (κ3) is 4.25. The minimum Gasteiger partial charge on any atom is -0.465 e. The van der Waals surface area contributed by atoms with Crippen LogP contribution in [0.4, 0.5) is 0 Å². The molecule has 5 atom stereocenters. The quantitative estimate of drug-likeness (QED) is 0.403. The Morgan fingerprint density at radius 2 is 1.74 bits per heavy atom. The highest BCUT2D eigenvalue weighted by Gasteiger charge is 2.58. The van der Waals surface area contributed by atoms with Crippen molar-refractivity contribution in [3.8, 4) is 0 Å². The Morgan fingerprint density at radius 3 is 2.38 bits per heavy atom. The zero-order valence-electron chi connectivity index (χ0n) is 21.4. The van der Waals surface area contributed by atoms with Crippen LogP contribution < -0.4 is 0 Å². The van der Waals surface area contributed by atoms with Gasteiger partial charge in [-0.15, -0.1) is 0 Å². The number of ether oxygens (including phenoxy) is 3. The van der Waals surface area contributed by atoms with Crippen LogP contribution in [-0.2, 0) is 28.6 Å². The van der Waals surface area contributed by atoms with Gasteiger partial charge in [0.1, 0.15) is 18.5 Å². The minimum absolute atomic E-state index is 0.0808. The predicted octanol–water partition coefficient (Wildman–Crippen LogP) is 5.43. The molecule has 4 aliphatic carbocycles. The first-order chi connectivity index (χ1) is 15.9. The molecule has 0 N–H and O–H groups in total. The molecule has 0 unspecified atom stereocenters. The Balaban J connectivity index is 1.66. The lowest BCUT2D eigenvalue weighted by atomic mass is 9.51. The van der Waals surface area contributed by atoms with E-state index in [-0.39, 0.29) is 40.8 Å². The summed E-state index contributed by atoms with van der Waals surface area (Å²) in [6.07, 6.45) is 11.4. The number of fused-ring (bicyclic) bond motifs is 5. The molecule has 0 aliphatic heterocycles. The maximum Gasteiger partial charge on any atom is 0.311 e. The maximum absolute atomic E-state index is 12.7. The van der Waals surface area contributed by atoms with Crippen LogP contribution in [0.1, 0.15) is 80.1 Å². The Morgan fingerprint density at radius 1 is 1.00 bits per heavy atom. The number of rotatable bonds is 4. The summed E-state index contributed by atoms with van der Waals surface area (Å²) in [5.41, 5.74) is 1.53. The molecule has 6 heteroatoms. The van der Waals surface area contributed by atoms with Gasteiger partial charge in [0.15, 0.2) is 0 Å². The van der Waals surface area contributed by atoms with Crippen molar-refractivity contribution in [1.82, 2.24) is 0 Å². The topological polar surface area (TPSA) is 78.9 Å². The summed E-state index contributed by atoms with van der Waals surface area (Å²) in [7, 11) is 0. The van der Waals surface area contributed by atoms with Crippen molar-refractivity contribution in [3.05, 3.63) is 35.1 Å². The highest BCUT2D eigenvalue weighted by molar-refractivity contribution is 5.75. The third-order valence-electron chi connectivity index (χ3n) is 8.53.